The van der Waals surface area contributed by atoms with Crippen LogP contribution in [0.5, 0.6) is 5.75 Å². The lowest BCUT2D eigenvalue weighted by Crippen LogP contribution is -2.66. The third kappa shape index (κ3) is 3.97. The van der Waals surface area contributed by atoms with E-state index in [9.17, 15) is 9.50 Å². The van der Waals surface area contributed by atoms with Crippen LogP contribution in [0.2, 0.25) is 5.04 Å². The van der Waals surface area contributed by atoms with Gasteiger partial charge in [0.05, 0.1) is 6.61 Å². The Morgan fingerprint density at radius 2 is 1.37 bits per heavy atom. The average molecular weight is 381 g/mol. The van der Waals surface area contributed by atoms with E-state index in [0.717, 1.165) is 6.07 Å². The molecule has 0 aromatic heterocycles. The number of phenolic OH excluding ortho intramolecular Hbond substituents is 1. The van der Waals surface area contributed by atoms with E-state index in [-0.39, 0.29) is 17.4 Å². The SMILES string of the molecule is CC(C)(C)[Si](OCc1cc(O)cc(F)c1)(c1ccccc1)c1ccccc1. The molecule has 3 aromatic rings. The molecular weight excluding hydrogens is 355 g/mol. The highest BCUT2D eigenvalue weighted by atomic mass is 28.4. The van der Waals surface area contributed by atoms with Crippen LogP contribution in [0.25, 0.3) is 0 Å². The van der Waals surface area contributed by atoms with Crippen molar-refractivity contribution in [1.29, 1.82) is 0 Å². The third-order valence-electron chi connectivity index (χ3n) is 4.81. The minimum atomic E-state index is -2.67. The topological polar surface area (TPSA) is 29.5 Å². The summed E-state index contributed by atoms with van der Waals surface area (Å²) in [5.41, 5.74) is 0.625. The first kappa shape index (κ1) is 19.3. The second-order valence-electron chi connectivity index (χ2n) is 7.77. The Kier molecular flexibility index (Phi) is 5.49. The van der Waals surface area contributed by atoms with Gasteiger partial charge in [0.15, 0.2) is 0 Å². The highest BCUT2D eigenvalue weighted by molar-refractivity contribution is 6.99. The van der Waals surface area contributed by atoms with Gasteiger partial charge in [0.25, 0.3) is 8.32 Å². The molecule has 0 saturated heterocycles. The van der Waals surface area contributed by atoms with E-state index in [2.05, 4.69) is 45.0 Å². The van der Waals surface area contributed by atoms with Crippen LogP contribution in [0, 0.1) is 5.82 Å². The summed E-state index contributed by atoms with van der Waals surface area (Å²) in [6, 6.07) is 24.7. The van der Waals surface area contributed by atoms with Crippen molar-refractivity contribution in [2.24, 2.45) is 0 Å². The number of hydrogen-bond acceptors (Lipinski definition) is 2. The van der Waals surface area contributed by atoms with Gasteiger partial charge in [0, 0.05) is 6.07 Å². The Bertz CT molecular complexity index is 830. The van der Waals surface area contributed by atoms with E-state index in [1.165, 1.54) is 16.4 Å². The second-order valence-corrected chi connectivity index (χ2v) is 12.1. The van der Waals surface area contributed by atoms with Crippen molar-refractivity contribution < 1.29 is 13.9 Å². The van der Waals surface area contributed by atoms with Gasteiger partial charge >= 0.3 is 0 Å². The zero-order valence-electron chi connectivity index (χ0n) is 15.9. The zero-order valence-corrected chi connectivity index (χ0v) is 16.9. The van der Waals surface area contributed by atoms with E-state index in [1.54, 1.807) is 6.07 Å². The van der Waals surface area contributed by atoms with Gasteiger partial charge < -0.3 is 9.53 Å². The maximum absolute atomic E-state index is 13.7. The average Bonchev–Trinajstić information content (AvgIpc) is 2.62. The molecule has 0 radical (unpaired) electrons. The molecule has 0 aliphatic carbocycles. The molecule has 0 unspecified atom stereocenters. The van der Waals surface area contributed by atoms with Gasteiger partial charge in [-0.3, -0.25) is 0 Å². The van der Waals surface area contributed by atoms with Crippen molar-refractivity contribution in [3.05, 3.63) is 90.2 Å². The molecule has 0 atom stereocenters. The molecule has 2 nitrogen and oxygen atoms in total. The van der Waals surface area contributed by atoms with E-state index < -0.39 is 14.1 Å². The van der Waals surface area contributed by atoms with Crippen LogP contribution in [-0.2, 0) is 11.0 Å². The Morgan fingerprint density at radius 3 is 1.81 bits per heavy atom. The van der Waals surface area contributed by atoms with Gasteiger partial charge in [-0.05, 0) is 33.1 Å². The van der Waals surface area contributed by atoms with Crippen molar-refractivity contribution in [2.75, 3.05) is 0 Å². The number of benzene rings is 3. The summed E-state index contributed by atoms with van der Waals surface area (Å²) in [4.78, 5) is 0. The lowest BCUT2D eigenvalue weighted by atomic mass is 10.2. The van der Waals surface area contributed by atoms with Crippen molar-refractivity contribution >= 4 is 18.7 Å². The predicted molar refractivity (Wildman–Crippen MR) is 110 cm³/mol. The molecule has 0 aliphatic heterocycles. The van der Waals surface area contributed by atoms with Crippen LogP contribution in [0.4, 0.5) is 4.39 Å². The van der Waals surface area contributed by atoms with Gasteiger partial charge in [-0.1, -0.05) is 81.4 Å². The largest absolute Gasteiger partial charge is 0.508 e. The highest BCUT2D eigenvalue weighted by Gasteiger charge is 2.50. The smallest absolute Gasteiger partial charge is 0.261 e. The lowest BCUT2D eigenvalue weighted by molar-refractivity contribution is 0.285. The molecule has 0 heterocycles. The molecule has 4 heteroatoms. The minimum Gasteiger partial charge on any atom is -0.508 e. The van der Waals surface area contributed by atoms with Crippen molar-refractivity contribution in [3.8, 4) is 5.75 Å². The standard InChI is InChI=1S/C23H25FO2Si/c1-23(2,3)27(21-10-6-4-7-11-21,22-12-8-5-9-13-22)26-17-18-14-19(24)16-20(25)15-18/h4-16,25H,17H2,1-3H3. The fraction of sp³-hybridized carbons (Fsp3) is 0.217. The highest BCUT2D eigenvalue weighted by Crippen LogP contribution is 2.37. The molecule has 0 fully saturated rings. The maximum Gasteiger partial charge on any atom is 0.261 e. The number of phenols is 1. The zero-order chi connectivity index (χ0) is 19.5. The van der Waals surface area contributed by atoms with Gasteiger partial charge in [-0.2, -0.15) is 0 Å². The Balaban J connectivity index is 2.11. The predicted octanol–water partition coefficient (Wildman–Crippen LogP) is 4.61. The van der Waals surface area contributed by atoms with Crippen LogP contribution in [0.1, 0.15) is 26.3 Å². The number of rotatable bonds is 5. The first-order valence-electron chi connectivity index (χ1n) is 9.06. The fourth-order valence-corrected chi connectivity index (χ4v) is 8.21. The summed E-state index contributed by atoms with van der Waals surface area (Å²) in [5.74, 6) is -0.549. The van der Waals surface area contributed by atoms with Gasteiger partial charge in [-0.15, -0.1) is 0 Å². The molecule has 140 valence electrons. The molecule has 0 amide bonds. The first-order chi connectivity index (χ1) is 12.8. The molecule has 0 spiro atoms. The summed E-state index contributed by atoms with van der Waals surface area (Å²) in [7, 11) is -2.67. The molecule has 0 saturated carbocycles. The van der Waals surface area contributed by atoms with Crippen LogP contribution in [0.15, 0.2) is 78.9 Å². The van der Waals surface area contributed by atoms with E-state index in [0.29, 0.717) is 5.56 Å². The fourth-order valence-electron chi connectivity index (χ4n) is 3.67. The summed E-state index contributed by atoms with van der Waals surface area (Å²) in [6.45, 7) is 6.82. The quantitative estimate of drug-likeness (QED) is 0.655. The summed E-state index contributed by atoms with van der Waals surface area (Å²) < 4.78 is 20.4. The molecule has 0 aliphatic rings. The van der Waals surface area contributed by atoms with E-state index >= 15 is 0 Å². The molecule has 3 aromatic carbocycles. The Morgan fingerprint density at radius 1 is 0.852 bits per heavy atom. The number of hydrogen-bond donors (Lipinski definition) is 1. The second kappa shape index (κ2) is 7.67. The van der Waals surface area contributed by atoms with Crippen molar-refractivity contribution in [3.63, 3.8) is 0 Å². The van der Waals surface area contributed by atoms with Crippen molar-refractivity contribution in [2.45, 2.75) is 32.4 Å². The van der Waals surface area contributed by atoms with Crippen LogP contribution < -0.4 is 10.4 Å². The molecular formula is C23H25FO2Si. The van der Waals surface area contributed by atoms with Crippen molar-refractivity contribution in [1.82, 2.24) is 0 Å². The van der Waals surface area contributed by atoms with Crippen LogP contribution in [0.3, 0.4) is 0 Å². The van der Waals surface area contributed by atoms with Gasteiger partial charge in [0.2, 0.25) is 0 Å². The van der Waals surface area contributed by atoms with Crippen LogP contribution >= 0.6 is 0 Å². The maximum atomic E-state index is 13.7. The number of halogens is 1. The number of aromatic hydroxyl groups is 1. The third-order valence-corrected chi connectivity index (χ3v) is 9.80. The Labute approximate surface area is 161 Å². The summed E-state index contributed by atoms with van der Waals surface area (Å²) in [6.07, 6.45) is 0. The molecule has 3 rings (SSSR count). The normalized spacial score (nSPS) is 12.1. The Hall–Kier alpha value is -2.43. The van der Waals surface area contributed by atoms with Gasteiger partial charge in [-0.25, -0.2) is 4.39 Å². The lowest BCUT2D eigenvalue weighted by Gasteiger charge is -2.43. The van der Waals surface area contributed by atoms with Crippen LogP contribution in [-0.4, -0.2) is 13.4 Å². The van der Waals surface area contributed by atoms with Gasteiger partial charge in [0.1, 0.15) is 11.6 Å². The minimum absolute atomic E-state index is 0.0870. The summed E-state index contributed by atoms with van der Waals surface area (Å²) in [5, 5.41) is 11.9. The first-order valence-corrected chi connectivity index (χ1v) is 11.0. The molecule has 0 bridgehead atoms. The summed E-state index contributed by atoms with van der Waals surface area (Å²) >= 11 is 0. The molecule has 27 heavy (non-hydrogen) atoms. The van der Waals surface area contributed by atoms with E-state index in [4.69, 9.17) is 4.43 Å². The van der Waals surface area contributed by atoms with E-state index in [1.807, 2.05) is 36.4 Å². The monoisotopic (exact) mass is 380 g/mol. The molecule has 1 N–H and O–H groups in total.